The van der Waals surface area contributed by atoms with Crippen LogP contribution in [0.1, 0.15) is 194 Å². The van der Waals surface area contributed by atoms with E-state index in [0.717, 1.165) is 32.1 Å². The molecule has 0 aromatic carbocycles. The molecule has 0 saturated carbocycles. The van der Waals surface area contributed by atoms with Gasteiger partial charge in [-0.2, -0.15) is 0 Å². The number of hydrogen-bond donors (Lipinski definition) is 0. The number of carbonyl (C=O) groups excluding carboxylic acids is 2. The van der Waals surface area contributed by atoms with Gasteiger partial charge in [-0.15, -0.1) is 0 Å². The van der Waals surface area contributed by atoms with E-state index in [2.05, 4.69) is 26.0 Å². The number of aliphatic carboxylic acids is 2. The molecule has 0 heterocycles. The van der Waals surface area contributed by atoms with Crippen LogP contribution in [0.3, 0.4) is 0 Å². The molecule has 0 atom stereocenters. The van der Waals surface area contributed by atoms with Crippen molar-refractivity contribution in [1.29, 1.82) is 0 Å². The van der Waals surface area contributed by atoms with Crippen molar-refractivity contribution in [1.82, 2.24) is 0 Å². The van der Waals surface area contributed by atoms with Gasteiger partial charge in [0.15, 0.2) is 0 Å². The summed E-state index contributed by atoms with van der Waals surface area (Å²) in [6.45, 7) is 4.51. The standard InChI is InChI=1S/C18H34O2.C16H32O2.2K/c1-2-3-4-5-6-7-8-9-10-11-12-13-14-15-16-17-18(19)20;1-2-3-4-5-6-7-8-9-10-11-12-13-14-15-16(17)18;;/h9-10H,2-8,11-17H2,1H3,(H,19,20);2-15H2,1H3,(H,17,18);;/q;;2*+1/p-2/b10-9-;;;. The number of carbonyl (C=O) groups is 2. The van der Waals surface area contributed by atoms with Gasteiger partial charge in [0, 0.05) is 11.9 Å². The molecule has 40 heavy (non-hydrogen) atoms. The number of carboxylic acids is 2. The Bertz CT molecular complexity index is 512. The molecule has 0 spiro atoms. The molecule has 0 bridgehead atoms. The van der Waals surface area contributed by atoms with E-state index in [1.54, 1.807) is 0 Å². The second kappa shape index (κ2) is 45.4. The molecule has 0 N–H and O–H groups in total. The van der Waals surface area contributed by atoms with E-state index >= 15 is 0 Å². The SMILES string of the molecule is CCCCCCCC/C=C\CCCCCCCC(=O)[O-].CCCCCCCCCCCCCCCC(=O)[O-].[K+].[K+]. The Hall–Kier alpha value is 1.95. The Kier molecular flexibility index (Phi) is 55.4. The molecule has 0 fully saturated rings. The van der Waals surface area contributed by atoms with Crippen LogP contribution in [0.25, 0.3) is 0 Å². The zero-order valence-corrected chi connectivity index (χ0v) is 33.8. The third-order valence-corrected chi connectivity index (χ3v) is 7.13. The summed E-state index contributed by atoms with van der Waals surface area (Å²) in [4.78, 5) is 20.4. The van der Waals surface area contributed by atoms with Crippen LogP contribution in [-0.4, -0.2) is 11.9 Å². The summed E-state index contributed by atoms with van der Waals surface area (Å²) in [6, 6.07) is 0. The topological polar surface area (TPSA) is 80.3 Å². The molecule has 0 aliphatic rings. The van der Waals surface area contributed by atoms with Crippen molar-refractivity contribution in [2.45, 2.75) is 194 Å². The second-order valence-electron chi connectivity index (χ2n) is 11.1. The molecule has 0 aliphatic carbocycles. The predicted molar refractivity (Wildman–Crippen MR) is 160 cm³/mol. The fourth-order valence-electron chi connectivity index (χ4n) is 4.63. The summed E-state index contributed by atoms with van der Waals surface area (Å²) in [5.41, 5.74) is 0. The van der Waals surface area contributed by atoms with Crippen molar-refractivity contribution >= 4 is 11.9 Å². The zero-order valence-electron chi connectivity index (χ0n) is 27.6. The molecular formula is C34H64K2O4. The first-order valence-electron chi connectivity index (χ1n) is 16.6. The van der Waals surface area contributed by atoms with E-state index in [1.807, 2.05) is 0 Å². The normalized spacial score (nSPS) is 10.4. The molecular weight excluding hydrogens is 551 g/mol. The minimum Gasteiger partial charge on any atom is -0.550 e. The predicted octanol–water partition coefficient (Wildman–Crippen LogP) is 3.00. The van der Waals surface area contributed by atoms with Crippen molar-refractivity contribution in [3.05, 3.63) is 12.2 Å². The molecule has 0 radical (unpaired) electrons. The molecule has 0 unspecified atom stereocenters. The van der Waals surface area contributed by atoms with Crippen molar-refractivity contribution in [2.75, 3.05) is 0 Å². The summed E-state index contributed by atoms with van der Waals surface area (Å²) in [5, 5.41) is 20.4. The van der Waals surface area contributed by atoms with E-state index in [-0.39, 0.29) is 116 Å². The van der Waals surface area contributed by atoms with Crippen LogP contribution >= 0.6 is 0 Å². The van der Waals surface area contributed by atoms with Crippen molar-refractivity contribution in [3.8, 4) is 0 Å². The molecule has 0 saturated heterocycles. The molecule has 6 heteroatoms. The van der Waals surface area contributed by atoms with Crippen molar-refractivity contribution in [3.63, 3.8) is 0 Å². The Labute approximate surface area is 335 Å². The van der Waals surface area contributed by atoms with Gasteiger partial charge in [-0.1, -0.05) is 154 Å². The third kappa shape index (κ3) is 52.6. The number of unbranched alkanes of at least 4 members (excludes halogenated alkanes) is 23. The fourth-order valence-corrected chi connectivity index (χ4v) is 4.63. The first-order chi connectivity index (χ1) is 18.5. The maximum absolute atomic E-state index is 10.2. The molecule has 4 nitrogen and oxygen atoms in total. The average Bonchev–Trinajstić information content (AvgIpc) is 2.89. The Balaban J connectivity index is -0.000000310. The molecule has 0 aromatic rings. The van der Waals surface area contributed by atoms with Gasteiger partial charge in [-0.05, 0) is 51.4 Å². The van der Waals surface area contributed by atoms with Crippen LogP contribution in [0.4, 0.5) is 0 Å². The molecule has 0 rings (SSSR count). The summed E-state index contributed by atoms with van der Waals surface area (Å²) in [5.74, 6) is -1.82. The van der Waals surface area contributed by atoms with Crippen LogP contribution in [-0.2, 0) is 9.59 Å². The zero-order chi connectivity index (χ0) is 28.4. The summed E-state index contributed by atoms with van der Waals surface area (Å²) >= 11 is 0. The van der Waals surface area contributed by atoms with Crippen LogP contribution in [0.15, 0.2) is 12.2 Å². The minimum atomic E-state index is -0.914. The van der Waals surface area contributed by atoms with Gasteiger partial charge in [-0.3, -0.25) is 0 Å². The number of rotatable bonds is 29. The first kappa shape index (κ1) is 48.8. The van der Waals surface area contributed by atoms with Gasteiger partial charge >= 0.3 is 103 Å². The fraction of sp³-hybridized carbons (Fsp3) is 0.882. The van der Waals surface area contributed by atoms with Crippen LogP contribution in [0, 0.1) is 0 Å². The number of hydrogen-bond acceptors (Lipinski definition) is 4. The van der Waals surface area contributed by atoms with Gasteiger partial charge < -0.3 is 19.8 Å². The van der Waals surface area contributed by atoms with Crippen LogP contribution in [0.2, 0.25) is 0 Å². The maximum atomic E-state index is 10.2. The number of allylic oxidation sites excluding steroid dienone is 2. The average molecular weight is 615 g/mol. The van der Waals surface area contributed by atoms with Gasteiger partial charge in [0.2, 0.25) is 0 Å². The van der Waals surface area contributed by atoms with Gasteiger partial charge in [0.1, 0.15) is 0 Å². The molecule has 0 aliphatic heterocycles. The van der Waals surface area contributed by atoms with E-state index in [9.17, 15) is 19.8 Å². The van der Waals surface area contributed by atoms with Crippen LogP contribution in [0.5, 0.6) is 0 Å². The van der Waals surface area contributed by atoms with Gasteiger partial charge in [0.05, 0.1) is 0 Å². The summed E-state index contributed by atoms with van der Waals surface area (Å²) in [6.07, 6.45) is 37.8. The van der Waals surface area contributed by atoms with Crippen LogP contribution < -0.4 is 113 Å². The van der Waals surface area contributed by atoms with Crippen molar-refractivity contribution < 1.29 is 123 Å². The van der Waals surface area contributed by atoms with E-state index in [1.165, 1.54) is 135 Å². The van der Waals surface area contributed by atoms with Gasteiger partial charge in [0.25, 0.3) is 0 Å². The van der Waals surface area contributed by atoms with Gasteiger partial charge in [-0.25, -0.2) is 0 Å². The Morgan fingerprint density at radius 3 is 0.875 bits per heavy atom. The van der Waals surface area contributed by atoms with Crippen molar-refractivity contribution in [2.24, 2.45) is 0 Å². The quantitative estimate of drug-likeness (QED) is 0.0737. The van der Waals surface area contributed by atoms with E-state index < -0.39 is 11.9 Å². The first-order valence-corrected chi connectivity index (χ1v) is 16.6. The monoisotopic (exact) mass is 614 g/mol. The summed E-state index contributed by atoms with van der Waals surface area (Å²) in [7, 11) is 0. The number of carboxylic acid groups (broad SMARTS) is 2. The smallest absolute Gasteiger partial charge is 0.550 e. The Morgan fingerprint density at radius 1 is 0.400 bits per heavy atom. The molecule has 226 valence electrons. The van der Waals surface area contributed by atoms with E-state index in [0.29, 0.717) is 0 Å². The maximum Gasteiger partial charge on any atom is 1.00 e. The largest absolute Gasteiger partial charge is 1.00 e. The molecule has 0 amide bonds. The second-order valence-corrected chi connectivity index (χ2v) is 11.1. The van der Waals surface area contributed by atoms with E-state index in [4.69, 9.17) is 0 Å². The minimum absolute atomic E-state index is 0. The Morgan fingerprint density at radius 2 is 0.625 bits per heavy atom. The summed E-state index contributed by atoms with van der Waals surface area (Å²) < 4.78 is 0. The third-order valence-electron chi connectivity index (χ3n) is 7.13. The molecule has 0 aromatic heterocycles.